The van der Waals surface area contributed by atoms with E-state index in [1.807, 2.05) is 6.92 Å². The molecule has 0 radical (unpaired) electrons. The Kier molecular flexibility index (Phi) is 3.94. The van der Waals surface area contributed by atoms with Crippen molar-refractivity contribution in [2.24, 2.45) is 0 Å². The third kappa shape index (κ3) is 2.47. The molecule has 1 rings (SSSR count). The molecule has 0 aliphatic carbocycles. The summed E-state index contributed by atoms with van der Waals surface area (Å²) in [5.74, 6) is -0.759. The van der Waals surface area contributed by atoms with Gasteiger partial charge in [-0.2, -0.15) is 0 Å². The van der Waals surface area contributed by atoms with Crippen LogP contribution >= 0.6 is 15.9 Å². The van der Waals surface area contributed by atoms with Gasteiger partial charge in [0.2, 0.25) is 5.88 Å². The molecule has 0 aliphatic heterocycles. The van der Waals surface area contributed by atoms with E-state index in [1.54, 1.807) is 0 Å². The van der Waals surface area contributed by atoms with Gasteiger partial charge in [0.05, 0.1) is 6.61 Å². The lowest BCUT2D eigenvalue weighted by molar-refractivity contribution is 0.0689. The van der Waals surface area contributed by atoms with Crippen LogP contribution in [0.15, 0.2) is 4.47 Å². The fraction of sp³-hybridized carbons (Fsp3) is 0.500. The lowest BCUT2D eigenvalue weighted by atomic mass is 10.4. The van der Waals surface area contributed by atoms with Crippen LogP contribution in [0.4, 0.5) is 0 Å². The zero-order valence-corrected chi connectivity index (χ0v) is 9.30. The zero-order chi connectivity index (χ0) is 10.6. The predicted octanol–water partition coefficient (Wildman–Crippen LogP) is 2.05. The van der Waals surface area contributed by atoms with Crippen molar-refractivity contribution in [2.45, 2.75) is 19.8 Å². The Balaban J connectivity index is 2.65. The van der Waals surface area contributed by atoms with Crippen LogP contribution in [0.25, 0.3) is 0 Å². The predicted molar refractivity (Wildman–Crippen MR) is 53.7 cm³/mol. The summed E-state index contributed by atoms with van der Waals surface area (Å²) in [5.41, 5.74) is 0.0106. The summed E-state index contributed by atoms with van der Waals surface area (Å²) in [7, 11) is 0. The summed E-state index contributed by atoms with van der Waals surface area (Å²) in [4.78, 5) is 10.6. The first-order chi connectivity index (χ1) is 6.66. The summed E-state index contributed by atoms with van der Waals surface area (Å²) in [6.07, 6.45) is 1.94. The molecule has 0 bridgehead atoms. The van der Waals surface area contributed by atoms with Gasteiger partial charge in [-0.25, -0.2) is 4.79 Å². The number of ether oxygens (including phenoxy) is 1. The zero-order valence-electron chi connectivity index (χ0n) is 7.71. The second kappa shape index (κ2) is 4.99. The van der Waals surface area contributed by atoms with Gasteiger partial charge in [-0.15, -0.1) is 5.10 Å². The van der Waals surface area contributed by atoms with E-state index in [0.29, 0.717) is 17.0 Å². The van der Waals surface area contributed by atoms with E-state index in [2.05, 4.69) is 26.1 Å². The molecule has 0 unspecified atom stereocenters. The molecule has 6 heteroatoms. The van der Waals surface area contributed by atoms with Crippen LogP contribution in [0.2, 0.25) is 0 Å². The number of H-pyrrole nitrogens is 1. The minimum Gasteiger partial charge on any atom is -0.476 e. The third-order valence-electron chi connectivity index (χ3n) is 1.63. The number of aromatic amines is 1. The third-order valence-corrected chi connectivity index (χ3v) is 2.36. The second-order valence-corrected chi connectivity index (χ2v) is 3.52. The van der Waals surface area contributed by atoms with Gasteiger partial charge in [-0.3, -0.25) is 5.10 Å². The number of unbranched alkanes of at least 4 members (excludes halogenated alkanes) is 1. The largest absolute Gasteiger partial charge is 0.476 e. The molecule has 0 amide bonds. The number of carboxylic acid groups (broad SMARTS) is 1. The number of hydrogen-bond donors (Lipinski definition) is 2. The van der Waals surface area contributed by atoms with Gasteiger partial charge in [0, 0.05) is 0 Å². The number of carboxylic acids is 1. The van der Waals surface area contributed by atoms with Crippen LogP contribution in [0.3, 0.4) is 0 Å². The average Bonchev–Trinajstić information content (AvgIpc) is 2.48. The van der Waals surface area contributed by atoms with Crippen molar-refractivity contribution in [1.29, 1.82) is 0 Å². The van der Waals surface area contributed by atoms with E-state index in [1.165, 1.54) is 0 Å². The molecule has 0 saturated heterocycles. The number of aromatic nitrogens is 2. The summed E-state index contributed by atoms with van der Waals surface area (Å²) in [6.45, 7) is 2.59. The quantitative estimate of drug-likeness (QED) is 0.797. The molecule has 14 heavy (non-hydrogen) atoms. The number of carbonyl (C=O) groups is 1. The lowest BCUT2D eigenvalue weighted by Gasteiger charge is -2.00. The van der Waals surface area contributed by atoms with Crippen molar-refractivity contribution in [3.8, 4) is 5.88 Å². The van der Waals surface area contributed by atoms with Crippen molar-refractivity contribution in [1.82, 2.24) is 10.2 Å². The van der Waals surface area contributed by atoms with Gasteiger partial charge < -0.3 is 9.84 Å². The van der Waals surface area contributed by atoms with Gasteiger partial charge >= 0.3 is 5.97 Å². The highest BCUT2D eigenvalue weighted by atomic mass is 79.9. The number of aromatic carboxylic acids is 1. The smallest absolute Gasteiger partial charge is 0.355 e. The molecular formula is C8H11BrN2O3. The molecule has 1 aromatic heterocycles. The van der Waals surface area contributed by atoms with Crippen LogP contribution in [0.1, 0.15) is 30.3 Å². The minimum absolute atomic E-state index is 0.0106. The number of rotatable bonds is 5. The Morgan fingerprint density at radius 2 is 2.43 bits per heavy atom. The van der Waals surface area contributed by atoms with Gasteiger partial charge in [0.25, 0.3) is 0 Å². The first kappa shape index (κ1) is 11.0. The average molecular weight is 263 g/mol. The molecule has 78 valence electrons. The van der Waals surface area contributed by atoms with Gasteiger partial charge in [-0.05, 0) is 22.4 Å². The molecule has 2 N–H and O–H groups in total. The molecule has 0 atom stereocenters. The monoisotopic (exact) mass is 262 g/mol. The van der Waals surface area contributed by atoms with E-state index in [-0.39, 0.29) is 5.69 Å². The number of halogens is 1. The minimum atomic E-state index is -1.06. The second-order valence-electron chi connectivity index (χ2n) is 2.72. The van der Waals surface area contributed by atoms with Crippen LogP contribution in [-0.2, 0) is 0 Å². The van der Waals surface area contributed by atoms with Crippen LogP contribution in [0, 0.1) is 0 Å². The molecule has 0 saturated carbocycles. The van der Waals surface area contributed by atoms with E-state index >= 15 is 0 Å². The fourth-order valence-electron chi connectivity index (χ4n) is 0.862. The lowest BCUT2D eigenvalue weighted by Crippen LogP contribution is -1.98. The Morgan fingerprint density at radius 3 is 2.93 bits per heavy atom. The molecule has 1 heterocycles. The van der Waals surface area contributed by atoms with Crippen LogP contribution in [0.5, 0.6) is 5.88 Å². The van der Waals surface area contributed by atoms with E-state index < -0.39 is 5.97 Å². The highest BCUT2D eigenvalue weighted by Crippen LogP contribution is 2.25. The SMILES string of the molecule is CCCCOc1n[nH]c(C(=O)O)c1Br. The summed E-state index contributed by atoms with van der Waals surface area (Å²) in [6, 6.07) is 0. The first-order valence-corrected chi connectivity index (χ1v) is 5.06. The molecule has 0 aliphatic rings. The van der Waals surface area contributed by atoms with Crippen molar-refractivity contribution in [2.75, 3.05) is 6.61 Å². The Labute approximate surface area is 89.6 Å². The number of nitrogens with one attached hydrogen (secondary N) is 1. The van der Waals surface area contributed by atoms with Gasteiger partial charge in [0.15, 0.2) is 5.69 Å². The summed E-state index contributed by atoms with van der Waals surface area (Å²) in [5, 5.41) is 14.8. The van der Waals surface area contributed by atoms with E-state index in [4.69, 9.17) is 9.84 Å². The molecule has 0 fully saturated rings. The number of hydrogen-bond acceptors (Lipinski definition) is 3. The number of nitrogens with zero attached hydrogens (tertiary/aromatic N) is 1. The molecular weight excluding hydrogens is 252 g/mol. The molecule has 0 spiro atoms. The fourth-order valence-corrected chi connectivity index (χ4v) is 1.32. The van der Waals surface area contributed by atoms with Crippen molar-refractivity contribution >= 4 is 21.9 Å². The van der Waals surface area contributed by atoms with E-state index in [0.717, 1.165) is 12.8 Å². The molecule has 1 aromatic rings. The first-order valence-electron chi connectivity index (χ1n) is 4.26. The highest BCUT2D eigenvalue weighted by Gasteiger charge is 2.16. The normalized spacial score (nSPS) is 10.1. The van der Waals surface area contributed by atoms with Crippen molar-refractivity contribution in [3.05, 3.63) is 10.2 Å². The Bertz CT molecular complexity index is 324. The summed E-state index contributed by atoms with van der Waals surface area (Å²) < 4.78 is 5.62. The standard InChI is InChI=1S/C8H11BrN2O3/c1-2-3-4-14-7-5(9)6(8(12)13)10-11-7/h2-4H2,1H3,(H,10,11)(H,12,13). The van der Waals surface area contributed by atoms with Gasteiger partial charge in [0.1, 0.15) is 4.47 Å². The Hall–Kier alpha value is -1.04. The molecule has 0 aromatic carbocycles. The van der Waals surface area contributed by atoms with Crippen LogP contribution < -0.4 is 4.74 Å². The van der Waals surface area contributed by atoms with Crippen LogP contribution in [-0.4, -0.2) is 27.9 Å². The maximum atomic E-state index is 10.6. The molecule has 5 nitrogen and oxygen atoms in total. The maximum Gasteiger partial charge on any atom is 0.355 e. The summed E-state index contributed by atoms with van der Waals surface area (Å²) >= 11 is 3.10. The highest BCUT2D eigenvalue weighted by molar-refractivity contribution is 9.10. The van der Waals surface area contributed by atoms with Gasteiger partial charge in [-0.1, -0.05) is 13.3 Å². The van der Waals surface area contributed by atoms with Crippen molar-refractivity contribution in [3.63, 3.8) is 0 Å². The van der Waals surface area contributed by atoms with Crippen molar-refractivity contribution < 1.29 is 14.6 Å². The topological polar surface area (TPSA) is 75.2 Å². The van der Waals surface area contributed by atoms with E-state index in [9.17, 15) is 4.79 Å². The Morgan fingerprint density at radius 1 is 1.71 bits per heavy atom. The maximum absolute atomic E-state index is 10.6.